The van der Waals surface area contributed by atoms with Crippen LogP contribution >= 0.6 is 0 Å². The summed E-state index contributed by atoms with van der Waals surface area (Å²) in [5.74, 6) is 0.589. The highest BCUT2D eigenvalue weighted by Gasteiger charge is 2.16. The van der Waals surface area contributed by atoms with Gasteiger partial charge in [0.05, 0.1) is 31.6 Å². The van der Waals surface area contributed by atoms with Crippen LogP contribution in [0.3, 0.4) is 0 Å². The molecule has 0 fully saturated rings. The Balaban J connectivity index is 1.73. The van der Waals surface area contributed by atoms with Gasteiger partial charge >= 0.3 is 5.97 Å². The molecule has 3 aromatic rings. The quantitative estimate of drug-likeness (QED) is 0.520. The summed E-state index contributed by atoms with van der Waals surface area (Å²) in [6.45, 7) is 4.59. The van der Waals surface area contributed by atoms with E-state index in [4.69, 9.17) is 14.2 Å². The van der Waals surface area contributed by atoms with Crippen LogP contribution in [0.4, 0.5) is 5.69 Å². The Bertz CT molecular complexity index is 1070. The smallest absolute Gasteiger partial charge is 0.339 e. The molecule has 0 radical (unpaired) electrons. The molecule has 0 spiro atoms. The van der Waals surface area contributed by atoms with Crippen LogP contribution in [0.1, 0.15) is 24.2 Å². The number of nitrogens with zero attached hydrogens (tertiary/aromatic N) is 4. The fourth-order valence-corrected chi connectivity index (χ4v) is 2.81. The zero-order chi connectivity index (χ0) is 22.2. The van der Waals surface area contributed by atoms with Crippen molar-refractivity contribution < 1.29 is 23.8 Å². The van der Waals surface area contributed by atoms with Crippen molar-refractivity contribution in [2.24, 2.45) is 0 Å². The van der Waals surface area contributed by atoms with Crippen molar-refractivity contribution in [3.63, 3.8) is 0 Å². The molecule has 0 aliphatic rings. The molecule has 1 aromatic heterocycles. The van der Waals surface area contributed by atoms with E-state index < -0.39 is 11.9 Å². The molecule has 1 N–H and O–H groups in total. The molecule has 0 unspecified atom stereocenters. The molecule has 3 rings (SSSR count). The van der Waals surface area contributed by atoms with Crippen LogP contribution in [0.25, 0.3) is 11.4 Å². The summed E-state index contributed by atoms with van der Waals surface area (Å²) in [6.07, 6.45) is 0. The van der Waals surface area contributed by atoms with Crippen LogP contribution in [-0.2, 0) is 16.1 Å². The molecular formula is C21H23N5O5. The Morgan fingerprint density at radius 3 is 2.52 bits per heavy atom. The van der Waals surface area contributed by atoms with Crippen molar-refractivity contribution in [1.29, 1.82) is 0 Å². The van der Waals surface area contributed by atoms with Gasteiger partial charge in [-0.05, 0) is 49.4 Å². The van der Waals surface area contributed by atoms with E-state index in [-0.39, 0.29) is 12.1 Å². The number of amides is 1. The Hall–Kier alpha value is -3.95. The molecule has 10 heteroatoms. The van der Waals surface area contributed by atoms with Crippen molar-refractivity contribution in [2.75, 3.05) is 25.6 Å². The van der Waals surface area contributed by atoms with Crippen LogP contribution in [0.5, 0.6) is 11.5 Å². The first-order chi connectivity index (χ1) is 15.0. The van der Waals surface area contributed by atoms with Crippen molar-refractivity contribution in [3.8, 4) is 22.9 Å². The number of nitrogens with one attached hydrogen (secondary N) is 1. The molecule has 0 atom stereocenters. The number of aromatic nitrogens is 4. The zero-order valence-corrected chi connectivity index (χ0v) is 17.5. The maximum atomic E-state index is 12.4. The van der Waals surface area contributed by atoms with E-state index in [2.05, 4.69) is 20.7 Å². The number of hydrogen-bond donors (Lipinski definition) is 1. The average molecular weight is 425 g/mol. The van der Waals surface area contributed by atoms with E-state index >= 15 is 0 Å². The molecule has 10 nitrogen and oxygen atoms in total. The van der Waals surface area contributed by atoms with E-state index in [1.807, 2.05) is 13.8 Å². The molecule has 162 valence electrons. The minimum atomic E-state index is -0.544. The largest absolute Gasteiger partial charge is 0.490 e. The summed E-state index contributed by atoms with van der Waals surface area (Å²) in [6, 6.07) is 11.9. The number of benzene rings is 2. The lowest BCUT2D eigenvalue weighted by Crippen LogP contribution is -2.22. The van der Waals surface area contributed by atoms with Crippen LogP contribution in [0, 0.1) is 0 Å². The lowest BCUT2D eigenvalue weighted by atomic mass is 10.2. The van der Waals surface area contributed by atoms with Crippen LogP contribution in [-0.4, -0.2) is 52.4 Å². The monoisotopic (exact) mass is 425 g/mol. The first-order valence-corrected chi connectivity index (χ1v) is 9.70. The lowest BCUT2D eigenvalue weighted by Gasteiger charge is -2.11. The Morgan fingerprint density at radius 1 is 1.03 bits per heavy atom. The number of carbonyl (C=O) groups excluding carboxylic acids is 2. The highest BCUT2D eigenvalue weighted by Crippen LogP contribution is 2.31. The Kier molecular flexibility index (Phi) is 7.15. The Labute approximate surface area is 179 Å². The molecule has 0 aliphatic carbocycles. The summed E-state index contributed by atoms with van der Waals surface area (Å²) in [7, 11) is 1.28. The van der Waals surface area contributed by atoms with E-state index in [0.717, 1.165) is 0 Å². The summed E-state index contributed by atoms with van der Waals surface area (Å²) in [5, 5.41) is 14.9. The molecule has 0 saturated carbocycles. The van der Waals surface area contributed by atoms with Gasteiger partial charge in [-0.1, -0.05) is 12.1 Å². The number of para-hydroxylation sites is 1. The number of methoxy groups -OCH3 is 1. The van der Waals surface area contributed by atoms with Crippen molar-refractivity contribution in [2.45, 2.75) is 20.4 Å². The first-order valence-electron chi connectivity index (χ1n) is 9.70. The van der Waals surface area contributed by atoms with Crippen molar-refractivity contribution in [1.82, 2.24) is 20.2 Å². The maximum absolute atomic E-state index is 12.4. The molecule has 2 aromatic carbocycles. The number of anilines is 1. The van der Waals surface area contributed by atoms with E-state index in [0.29, 0.717) is 41.8 Å². The number of hydrogen-bond acceptors (Lipinski definition) is 8. The minimum Gasteiger partial charge on any atom is -0.490 e. The van der Waals surface area contributed by atoms with Gasteiger partial charge < -0.3 is 19.5 Å². The normalized spacial score (nSPS) is 10.4. The molecule has 0 aliphatic heterocycles. The van der Waals surface area contributed by atoms with Gasteiger partial charge in [0, 0.05) is 5.56 Å². The second-order valence-corrected chi connectivity index (χ2v) is 6.26. The molecule has 1 amide bonds. The summed E-state index contributed by atoms with van der Waals surface area (Å²) < 4.78 is 15.9. The van der Waals surface area contributed by atoms with Gasteiger partial charge in [-0.3, -0.25) is 4.79 Å². The number of ether oxygens (including phenoxy) is 3. The molecule has 0 bridgehead atoms. The molecule has 0 saturated heterocycles. The molecule has 1 heterocycles. The van der Waals surface area contributed by atoms with Gasteiger partial charge in [-0.2, -0.15) is 4.80 Å². The number of esters is 1. The van der Waals surface area contributed by atoms with Crippen LogP contribution in [0.2, 0.25) is 0 Å². The van der Waals surface area contributed by atoms with Gasteiger partial charge in [-0.15, -0.1) is 10.2 Å². The zero-order valence-electron chi connectivity index (χ0n) is 17.5. The van der Waals surface area contributed by atoms with Crippen LogP contribution < -0.4 is 14.8 Å². The van der Waals surface area contributed by atoms with E-state index in [9.17, 15) is 9.59 Å². The third kappa shape index (κ3) is 5.35. The molecular weight excluding hydrogens is 402 g/mol. The number of carbonyl (C=O) groups is 2. The second kappa shape index (κ2) is 10.2. The fourth-order valence-electron chi connectivity index (χ4n) is 2.81. The standard InChI is InChI=1S/C21H23N5O5/c1-4-30-17-11-10-14(12-18(17)31-5-2)20-23-25-26(24-20)13-19(27)22-16-9-7-6-8-15(16)21(28)29-3/h6-12H,4-5,13H2,1-3H3,(H,22,27). The summed E-state index contributed by atoms with van der Waals surface area (Å²) in [5.41, 5.74) is 1.27. The third-order valence-corrected chi connectivity index (χ3v) is 4.15. The van der Waals surface area contributed by atoms with Gasteiger partial charge in [0.25, 0.3) is 0 Å². The third-order valence-electron chi connectivity index (χ3n) is 4.15. The number of rotatable bonds is 9. The van der Waals surface area contributed by atoms with Gasteiger partial charge in [-0.25, -0.2) is 4.79 Å². The highest BCUT2D eigenvalue weighted by molar-refractivity contribution is 6.01. The molecule has 31 heavy (non-hydrogen) atoms. The number of tetrazole rings is 1. The predicted molar refractivity (Wildman–Crippen MR) is 112 cm³/mol. The summed E-state index contributed by atoms with van der Waals surface area (Å²) >= 11 is 0. The van der Waals surface area contributed by atoms with Crippen LogP contribution in [0.15, 0.2) is 42.5 Å². The van der Waals surface area contributed by atoms with E-state index in [1.54, 1.807) is 42.5 Å². The van der Waals surface area contributed by atoms with Gasteiger partial charge in [0.2, 0.25) is 11.7 Å². The highest BCUT2D eigenvalue weighted by atomic mass is 16.5. The van der Waals surface area contributed by atoms with Crippen molar-refractivity contribution in [3.05, 3.63) is 48.0 Å². The van der Waals surface area contributed by atoms with Crippen molar-refractivity contribution >= 4 is 17.6 Å². The topological polar surface area (TPSA) is 117 Å². The first kappa shape index (κ1) is 21.8. The fraction of sp³-hybridized carbons (Fsp3) is 0.286. The van der Waals surface area contributed by atoms with Gasteiger partial charge in [0.15, 0.2) is 11.5 Å². The SMILES string of the molecule is CCOc1ccc(-c2nnn(CC(=O)Nc3ccccc3C(=O)OC)n2)cc1OCC. The Morgan fingerprint density at radius 2 is 1.77 bits per heavy atom. The predicted octanol–water partition coefficient (Wildman–Crippen LogP) is 2.56. The van der Waals surface area contributed by atoms with Gasteiger partial charge in [0.1, 0.15) is 6.54 Å². The minimum absolute atomic E-state index is 0.183. The van der Waals surface area contributed by atoms with E-state index in [1.165, 1.54) is 11.9 Å². The summed E-state index contributed by atoms with van der Waals surface area (Å²) in [4.78, 5) is 25.4. The second-order valence-electron chi connectivity index (χ2n) is 6.26. The lowest BCUT2D eigenvalue weighted by molar-refractivity contribution is -0.117. The maximum Gasteiger partial charge on any atom is 0.339 e. The average Bonchev–Trinajstić information content (AvgIpc) is 3.23.